The Bertz CT molecular complexity index is 558. The van der Waals surface area contributed by atoms with Gasteiger partial charge in [-0.25, -0.2) is 4.98 Å². The second-order valence-corrected chi connectivity index (χ2v) is 5.02. The minimum absolute atomic E-state index is 0.687. The summed E-state index contributed by atoms with van der Waals surface area (Å²) in [5.41, 5.74) is 3.32. The van der Waals surface area contributed by atoms with E-state index < -0.39 is 0 Å². The van der Waals surface area contributed by atoms with Crippen LogP contribution in [0.2, 0.25) is 0 Å². The third kappa shape index (κ3) is 3.96. The van der Waals surface area contributed by atoms with Crippen molar-refractivity contribution in [3.05, 3.63) is 52.3 Å². The van der Waals surface area contributed by atoms with Gasteiger partial charge in [0.1, 0.15) is 10.4 Å². The number of ether oxygens (including phenoxy) is 1. The molecule has 3 nitrogen and oxygen atoms in total. The van der Waals surface area contributed by atoms with Gasteiger partial charge in [-0.2, -0.15) is 0 Å². The maximum atomic E-state index is 5.49. The van der Waals surface area contributed by atoms with Crippen LogP contribution in [0.25, 0.3) is 0 Å². The Labute approximate surface area is 122 Å². The van der Waals surface area contributed by atoms with Gasteiger partial charge in [0.05, 0.1) is 18.5 Å². The topological polar surface area (TPSA) is 34.1 Å². The Morgan fingerprint density at radius 1 is 1.32 bits per heavy atom. The van der Waals surface area contributed by atoms with Crippen LogP contribution in [0, 0.1) is 6.92 Å². The Hall–Kier alpha value is -1.55. The zero-order valence-corrected chi connectivity index (χ0v) is 12.7. The van der Waals surface area contributed by atoms with Crippen LogP contribution in [0.15, 0.2) is 41.1 Å². The highest BCUT2D eigenvalue weighted by Crippen LogP contribution is 2.18. The van der Waals surface area contributed by atoms with E-state index >= 15 is 0 Å². The number of hydrogen-bond acceptors (Lipinski definition) is 3. The van der Waals surface area contributed by atoms with Crippen molar-refractivity contribution in [3.63, 3.8) is 0 Å². The summed E-state index contributed by atoms with van der Waals surface area (Å²) in [6.45, 7) is 5.45. The van der Waals surface area contributed by atoms with E-state index in [1.807, 2.05) is 32.2 Å². The molecule has 0 unspecified atom stereocenters. The van der Waals surface area contributed by atoms with E-state index in [1.54, 1.807) is 0 Å². The van der Waals surface area contributed by atoms with Crippen LogP contribution in [0.1, 0.15) is 18.1 Å². The zero-order valence-electron chi connectivity index (χ0n) is 11.1. The summed E-state index contributed by atoms with van der Waals surface area (Å²) >= 11 is 3.40. The smallest absolute Gasteiger partial charge is 0.119 e. The molecule has 1 aromatic carbocycles. The monoisotopic (exact) mass is 320 g/mol. The van der Waals surface area contributed by atoms with E-state index in [9.17, 15) is 0 Å². The number of pyridine rings is 1. The molecule has 0 amide bonds. The van der Waals surface area contributed by atoms with Gasteiger partial charge in [0.2, 0.25) is 0 Å². The summed E-state index contributed by atoms with van der Waals surface area (Å²) < 4.78 is 6.37. The van der Waals surface area contributed by atoms with Crippen LogP contribution in [-0.4, -0.2) is 11.6 Å². The number of aromatic nitrogens is 1. The minimum atomic E-state index is 0.687. The van der Waals surface area contributed by atoms with Crippen molar-refractivity contribution in [2.24, 2.45) is 0 Å². The summed E-state index contributed by atoms with van der Waals surface area (Å²) in [5.74, 6) is 0.909. The molecule has 0 saturated carbocycles. The quantitative estimate of drug-likeness (QED) is 0.840. The van der Waals surface area contributed by atoms with E-state index in [2.05, 4.69) is 44.4 Å². The van der Waals surface area contributed by atoms with Crippen LogP contribution in [-0.2, 0) is 6.54 Å². The number of hydrogen-bond donors (Lipinski definition) is 1. The van der Waals surface area contributed by atoms with Gasteiger partial charge in [0.15, 0.2) is 0 Å². The number of benzene rings is 1. The molecule has 1 aromatic heterocycles. The van der Waals surface area contributed by atoms with Gasteiger partial charge in [0.25, 0.3) is 0 Å². The van der Waals surface area contributed by atoms with Gasteiger partial charge in [-0.1, -0.05) is 12.1 Å². The highest BCUT2D eigenvalue weighted by atomic mass is 79.9. The Morgan fingerprint density at radius 2 is 2.16 bits per heavy atom. The van der Waals surface area contributed by atoms with Crippen molar-refractivity contribution >= 4 is 21.6 Å². The molecule has 2 aromatic rings. The van der Waals surface area contributed by atoms with Gasteiger partial charge >= 0.3 is 0 Å². The first kappa shape index (κ1) is 13.9. The summed E-state index contributed by atoms with van der Waals surface area (Å²) in [7, 11) is 0. The van der Waals surface area contributed by atoms with Crippen molar-refractivity contribution < 1.29 is 4.74 Å². The summed E-state index contributed by atoms with van der Waals surface area (Å²) in [6, 6.07) is 10.2. The Kier molecular flexibility index (Phi) is 4.80. The molecule has 0 spiro atoms. The van der Waals surface area contributed by atoms with Crippen molar-refractivity contribution in [3.8, 4) is 5.75 Å². The molecule has 100 valence electrons. The van der Waals surface area contributed by atoms with Gasteiger partial charge in [-0.05, 0) is 59.1 Å². The van der Waals surface area contributed by atoms with Crippen molar-refractivity contribution in [2.75, 3.05) is 11.9 Å². The third-order valence-corrected chi connectivity index (χ3v) is 3.55. The van der Waals surface area contributed by atoms with Gasteiger partial charge < -0.3 is 10.1 Å². The number of anilines is 1. The fraction of sp³-hybridized carbons (Fsp3) is 0.267. The van der Waals surface area contributed by atoms with Gasteiger partial charge in [0, 0.05) is 6.54 Å². The lowest BCUT2D eigenvalue weighted by Crippen LogP contribution is -2.01. The molecule has 19 heavy (non-hydrogen) atoms. The molecular weight excluding hydrogens is 304 g/mol. The highest BCUT2D eigenvalue weighted by Gasteiger charge is 2.00. The molecule has 0 aliphatic rings. The first-order valence-corrected chi connectivity index (χ1v) is 7.06. The molecule has 0 fully saturated rings. The molecule has 0 bridgehead atoms. The van der Waals surface area contributed by atoms with Crippen LogP contribution in [0.4, 0.5) is 5.69 Å². The molecule has 0 saturated heterocycles. The van der Waals surface area contributed by atoms with E-state index in [4.69, 9.17) is 4.74 Å². The van der Waals surface area contributed by atoms with Crippen LogP contribution < -0.4 is 10.1 Å². The SMILES string of the molecule is CCOc1cccc(CNc2cnc(Br)c(C)c2)c1. The molecule has 2 rings (SSSR count). The molecule has 1 heterocycles. The first-order chi connectivity index (χ1) is 9.19. The highest BCUT2D eigenvalue weighted by molar-refractivity contribution is 9.10. The molecule has 0 radical (unpaired) electrons. The van der Waals surface area contributed by atoms with E-state index in [0.29, 0.717) is 6.61 Å². The van der Waals surface area contributed by atoms with E-state index in [1.165, 1.54) is 5.56 Å². The molecule has 1 N–H and O–H groups in total. The largest absolute Gasteiger partial charge is 0.494 e. The molecular formula is C15H17BrN2O. The van der Waals surface area contributed by atoms with Crippen molar-refractivity contribution in [1.82, 2.24) is 4.98 Å². The molecule has 0 atom stereocenters. The summed E-state index contributed by atoms with van der Waals surface area (Å²) in [5, 5.41) is 3.36. The fourth-order valence-electron chi connectivity index (χ4n) is 1.77. The average molecular weight is 321 g/mol. The lowest BCUT2D eigenvalue weighted by atomic mass is 10.2. The summed E-state index contributed by atoms with van der Waals surface area (Å²) in [4.78, 5) is 4.27. The number of rotatable bonds is 5. The predicted molar refractivity (Wildman–Crippen MR) is 81.6 cm³/mol. The lowest BCUT2D eigenvalue weighted by Gasteiger charge is -2.09. The van der Waals surface area contributed by atoms with Crippen LogP contribution in [0.3, 0.4) is 0 Å². The molecule has 4 heteroatoms. The summed E-state index contributed by atoms with van der Waals surface area (Å²) in [6.07, 6.45) is 1.82. The predicted octanol–water partition coefficient (Wildman–Crippen LogP) is 4.16. The van der Waals surface area contributed by atoms with Crippen molar-refractivity contribution in [2.45, 2.75) is 20.4 Å². The van der Waals surface area contributed by atoms with Crippen LogP contribution in [0.5, 0.6) is 5.75 Å². The van der Waals surface area contributed by atoms with E-state index in [0.717, 1.165) is 28.1 Å². The number of nitrogens with zero attached hydrogens (tertiary/aromatic N) is 1. The molecule has 0 aliphatic heterocycles. The van der Waals surface area contributed by atoms with Crippen molar-refractivity contribution in [1.29, 1.82) is 0 Å². The fourth-order valence-corrected chi connectivity index (χ4v) is 1.99. The third-order valence-electron chi connectivity index (χ3n) is 2.72. The zero-order chi connectivity index (χ0) is 13.7. The Morgan fingerprint density at radius 3 is 2.89 bits per heavy atom. The normalized spacial score (nSPS) is 10.3. The number of halogens is 1. The maximum absolute atomic E-state index is 5.49. The molecule has 0 aliphatic carbocycles. The second kappa shape index (κ2) is 6.57. The van der Waals surface area contributed by atoms with Crippen LogP contribution >= 0.6 is 15.9 Å². The average Bonchev–Trinajstić information content (AvgIpc) is 2.41. The standard InChI is InChI=1S/C15H17BrN2O/c1-3-19-14-6-4-5-12(8-14)9-17-13-7-11(2)15(16)18-10-13/h4-8,10,17H,3,9H2,1-2H3. The maximum Gasteiger partial charge on any atom is 0.119 e. The number of nitrogens with one attached hydrogen (secondary N) is 1. The van der Waals surface area contributed by atoms with Gasteiger partial charge in [-0.15, -0.1) is 0 Å². The second-order valence-electron chi connectivity index (χ2n) is 4.27. The lowest BCUT2D eigenvalue weighted by molar-refractivity contribution is 0.340. The minimum Gasteiger partial charge on any atom is -0.494 e. The van der Waals surface area contributed by atoms with Gasteiger partial charge in [-0.3, -0.25) is 0 Å². The van der Waals surface area contributed by atoms with E-state index in [-0.39, 0.29) is 0 Å². The Balaban J connectivity index is 2.01. The first-order valence-electron chi connectivity index (χ1n) is 6.27. The number of aryl methyl sites for hydroxylation is 1.